The van der Waals surface area contributed by atoms with Gasteiger partial charge < -0.3 is 4.90 Å². The summed E-state index contributed by atoms with van der Waals surface area (Å²) >= 11 is 0. The Kier molecular flexibility index (Phi) is 2.55. The fourth-order valence-corrected chi connectivity index (χ4v) is 1.19. The zero-order chi connectivity index (χ0) is 10.9. The summed E-state index contributed by atoms with van der Waals surface area (Å²) in [5.41, 5.74) is -0.370. The molecule has 1 aliphatic heterocycles. The van der Waals surface area contributed by atoms with Crippen LogP contribution >= 0.6 is 0 Å². The van der Waals surface area contributed by atoms with Gasteiger partial charge in [0.2, 0.25) is 0 Å². The summed E-state index contributed by atoms with van der Waals surface area (Å²) in [6, 6.07) is 0. The van der Waals surface area contributed by atoms with Gasteiger partial charge in [0.1, 0.15) is 0 Å². The third-order valence-corrected chi connectivity index (χ3v) is 1.87. The number of hydrogen-bond donors (Lipinski definition) is 0. The number of rotatable bonds is 1. The summed E-state index contributed by atoms with van der Waals surface area (Å²) in [5, 5.41) is 0. The SMILES string of the molecule is C=CC1=CN(C)C=C(C(F)(F)F)C1=C. The van der Waals surface area contributed by atoms with E-state index in [1.54, 1.807) is 6.20 Å². The van der Waals surface area contributed by atoms with E-state index in [0.29, 0.717) is 5.57 Å². The van der Waals surface area contributed by atoms with E-state index < -0.39 is 11.7 Å². The monoisotopic (exact) mass is 201 g/mol. The van der Waals surface area contributed by atoms with Gasteiger partial charge in [-0.2, -0.15) is 13.2 Å². The maximum Gasteiger partial charge on any atom is 0.418 e. The first-order chi connectivity index (χ1) is 6.36. The van der Waals surface area contributed by atoms with Gasteiger partial charge in [-0.1, -0.05) is 19.2 Å². The van der Waals surface area contributed by atoms with Gasteiger partial charge in [0.15, 0.2) is 0 Å². The van der Waals surface area contributed by atoms with E-state index in [4.69, 9.17) is 0 Å². The Morgan fingerprint density at radius 1 is 1.36 bits per heavy atom. The van der Waals surface area contributed by atoms with E-state index in [0.717, 1.165) is 6.20 Å². The van der Waals surface area contributed by atoms with Gasteiger partial charge in [-0.25, -0.2) is 0 Å². The van der Waals surface area contributed by atoms with Crippen molar-refractivity contribution in [2.45, 2.75) is 6.18 Å². The molecule has 1 rings (SSSR count). The first-order valence-electron chi connectivity index (χ1n) is 3.91. The average molecular weight is 201 g/mol. The molecule has 0 saturated heterocycles. The van der Waals surface area contributed by atoms with Crippen LogP contribution in [-0.4, -0.2) is 18.1 Å². The highest BCUT2D eigenvalue weighted by molar-refractivity contribution is 5.53. The molecule has 76 valence electrons. The normalized spacial score (nSPS) is 17.7. The van der Waals surface area contributed by atoms with Crippen LogP contribution in [0.1, 0.15) is 0 Å². The Balaban J connectivity index is 3.11. The molecule has 14 heavy (non-hydrogen) atoms. The summed E-state index contributed by atoms with van der Waals surface area (Å²) in [6.07, 6.45) is -0.453. The second-order valence-electron chi connectivity index (χ2n) is 2.97. The predicted molar refractivity (Wildman–Crippen MR) is 49.3 cm³/mol. The first-order valence-corrected chi connectivity index (χ1v) is 3.91. The number of halogens is 3. The van der Waals surface area contributed by atoms with Crippen LogP contribution in [0.4, 0.5) is 13.2 Å². The summed E-state index contributed by atoms with van der Waals surface area (Å²) in [7, 11) is 1.53. The molecule has 0 fully saturated rings. The van der Waals surface area contributed by atoms with Crippen molar-refractivity contribution in [3.05, 3.63) is 48.4 Å². The molecular formula is C10H10F3N. The second-order valence-corrected chi connectivity index (χ2v) is 2.97. The molecule has 0 saturated carbocycles. The lowest BCUT2D eigenvalue weighted by Gasteiger charge is -2.23. The zero-order valence-corrected chi connectivity index (χ0v) is 7.73. The molecule has 1 heterocycles. The molecule has 0 unspecified atom stereocenters. The highest BCUT2D eigenvalue weighted by atomic mass is 19.4. The minimum absolute atomic E-state index is 0.0365. The molecular weight excluding hydrogens is 191 g/mol. The maximum atomic E-state index is 12.5. The Labute approximate surface area is 80.5 Å². The second kappa shape index (κ2) is 3.36. The molecule has 0 aromatic carbocycles. The lowest BCUT2D eigenvalue weighted by molar-refractivity contribution is -0.0901. The van der Waals surface area contributed by atoms with Gasteiger partial charge in [0, 0.05) is 19.4 Å². The Morgan fingerprint density at radius 2 is 1.93 bits per heavy atom. The van der Waals surface area contributed by atoms with Crippen molar-refractivity contribution in [1.29, 1.82) is 0 Å². The van der Waals surface area contributed by atoms with Gasteiger partial charge in [-0.05, 0) is 11.1 Å². The Bertz CT molecular complexity index is 334. The van der Waals surface area contributed by atoms with E-state index in [2.05, 4.69) is 13.2 Å². The average Bonchev–Trinajstić information content (AvgIpc) is 2.06. The molecule has 0 spiro atoms. The fourth-order valence-electron chi connectivity index (χ4n) is 1.19. The van der Waals surface area contributed by atoms with E-state index in [1.807, 2.05) is 0 Å². The number of nitrogens with zero attached hydrogens (tertiary/aromatic N) is 1. The van der Waals surface area contributed by atoms with Gasteiger partial charge >= 0.3 is 6.18 Å². The van der Waals surface area contributed by atoms with Crippen LogP contribution in [0.2, 0.25) is 0 Å². The number of allylic oxidation sites excluding steroid dienone is 4. The zero-order valence-electron chi connectivity index (χ0n) is 7.73. The van der Waals surface area contributed by atoms with Crippen molar-refractivity contribution >= 4 is 0 Å². The molecule has 0 N–H and O–H groups in total. The van der Waals surface area contributed by atoms with E-state index in [9.17, 15) is 13.2 Å². The van der Waals surface area contributed by atoms with Crippen molar-refractivity contribution in [1.82, 2.24) is 4.90 Å². The van der Waals surface area contributed by atoms with Crippen LogP contribution in [0.5, 0.6) is 0 Å². The van der Waals surface area contributed by atoms with Crippen molar-refractivity contribution < 1.29 is 13.2 Å². The van der Waals surface area contributed by atoms with Crippen molar-refractivity contribution in [2.24, 2.45) is 0 Å². The van der Waals surface area contributed by atoms with Gasteiger partial charge in [0.05, 0.1) is 5.57 Å². The van der Waals surface area contributed by atoms with Crippen LogP contribution in [0.3, 0.4) is 0 Å². The molecule has 0 atom stereocenters. The van der Waals surface area contributed by atoms with E-state index in [1.165, 1.54) is 18.0 Å². The Hall–Kier alpha value is -1.45. The smallest absolute Gasteiger partial charge is 0.356 e. The number of hydrogen-bond acceptors (Lipinski definition) is 1. The third-order valence-electron chi connectivity index (χ3n) is 1.87. The number of alkyl halides is 3. The minimum Gasteiger partial charge on any atom is -0.356 e. The third kappa shape index (κ3) is 1.89. The molecule has 0 aromatic heterocycles. The summed E-state index contributed by atoms with van der Waals surface area (Å²) < 4.78 is 37.4. The lowest BCUT2D eigenvalue weighted by atomic mass is 9.98. The molecule has 0 bridgehead atoms. The van der Waals surface area contributed by atoms with Crippen LogP contribution in [0.25, 0.3) is 0 Å². The quantitative estimate of drug-likeness (QED) is 0.630. The summed E-state index contributed by atoms with van der Waals surface area (Å²) in [4.78, 5) is 1.34. The minimum atomic E-state index is -4.37. The molecule has 1 nitrogen and oxygen atoms in total. The lowest BCUT2D eigenvalue weighted by Crippen LogP contribution is -2.21. The molecule has 0 amide bonds. The van der Waals surface area contributed by atoms with Crippen molar-refractivity contribution in [3.8, 4) is 0 Å². The summed E-state index contributed by atoms with van der Waals surface area (Å²) in [5.74, 6) is 0. The highest BCUT2D eigenvalue weighted by Gasteiger charge is 2.37. The van der Waals surface area contributed by atoms with Gasteiger partial charge in [0.25, 0.3) is 0 Å². The van der Waals surface area contributed by atoms with Crippen LogP contribution in [0, 0.1) is 0 Å². The topological polar surface area (TPSA) is 3.24 Å². The largest absolute Gasteiger partial charge is 0.418 e. The van der Waals surface area contributed by atoms with Crippen LogP contribution < -0.4 is 0 Å². The van der Waals surface area contributed by atoms with E-state index in [-0.39, 0.29) is 5.57 Å². The van der Waals surface area contributed by atoms with E-state index >= 15 is 0 Å². The molecule has 1 aliphatic rings. The van der Waals surface area contributed by atoms with Crippen molar-refractivity contribution in [2.75, 3.05) is 7.05 Å². The highest BCUT2D eigenvalue weighted by Crippen LogP contribution is 2.36. The Morgan fingerprint density at radius 3 is 2.36 bits per heavy atom. The van der Waals surface area contributed by atoms with Crippen molar-refractivity contribution in [3.63, 3.8) is 0 Å². The molecule has 0 aromatic rings. The molecule has 4 heteroatoms. The molecule has 0 radical (unpaired) electrons. The first kappa shape index (κ1) is 10.6. The van der Waals surface area contributed by atoms with Crippen LogP contribution in [0.15, 0.2) is 48.4 Å². The van der Waals surface area contributed by atoms with Crippen LogP contribution in [-0.2, 0) is 0 Å². The van der Waals surface area contributed by atoms with Gasteiger partial charge in [-0.3, -0.25) is 0 Å². The predicted octanol–water partition coefficient (Wildman–Crippen LogP) is 3.00. The van der Waals surface area contributed by atoms with Gasteiger partial charge in [-0.15, -0.1) is 0 Å². The fraction of sp³-hybridized carbons (Fsp3) is 0.200. The maximum absolute atomic E-state index is 12.5. The molecule has 0 aliphatic carbocycles. The standard InChI is InChI=1S/C10H10F3N/c1-4-8-5-14(3)6-9(7(8)2)10(11,12)13/h4-6H,1-2H2,3H3. The summed E-state index contributed by atoms with van der Waals surface area (Å²) in [6.45, 7) is 6.83.